The number of fused-ring (bicyclic) bond motifs is 4. The van der Waals surface area contributed by atoms with Gasteiger partial charge in [0.2, 0.25) is 0 Å². The first-order chi connectivity index (χ1) is 12.6. The summed E-state index contributed by atoms with van der Waals surface area (Å²) in [4.78, 5) is 5.06. The Balaban J connectivity index is 1.44. The van der Waals surface area contributed by atoms with Crippen molar-refractivity contribution in [2.75, 3.05) is 19.6 Å². The number of aliphatic hydroxyl groups excluding tert-OH is 1. The molecule has 2 aromatic carbocycles. The summed E-state index contributed by atoms with van der Waals surface area (Å²) in [6, 6.07) is 16.6. The predicted octanol–water partition coefficient (Wildman–Crippen LogP) is 2.97. The van der Waals surface area contributed by atoms with Gasteiger partial charge in [-0.1, -0.05) is 30.3 Å². The molecule has 1 N–H and O–H groups in total. The normalized spacial score (nSPS) is 27.4. The van der Waals surface area contributed by atoms with Crippen molar-refractivity contribution in [1.82, 2.24) is 14.4 Å². The summed E-state index contributed by atoms with van der Waals surface area (Å²) < 4.78 is 2.31. The standard InChI is InChI=1S/C22H27N3O/c1-15-11-25-14-18(26)10-17(25)13-24(15)12-16-7-8-20-19-5-3-4-6-21(19)23(2)22(20)9-16/h3-9,15,17-18,26H,10-14H2,1-2H3/t15-,17-,18+/m0/s1. The summed E-state index contributed by atoms with van der Waals surface area (Å²) in [6.45, 7) is 6.28. The van der Waals surface area contributed by atoms with E-state index in [1.807, 2.05) is 0 Å². The Hall–Kier alpha value is -1.88. The largest absolute Gasteiger partial charge is 0.392 e. The molecule has 0 aliphatic carbocycles. The summed E-state index contributed by atoms with van der Waals surface area (Å²) in [5, 5.41) is 12.6. The molecule has 0 radical (unpaired) electrons. The highest BCUT2D eigenvalue weighted by molar-refractivity contribution is 6.08. The van der Waals surface area contributed by atoms with Gasteiger partial charge in [-0.15, -0.1) is 0 Å². The van der Waals surface area contributed by atoms with Gasteiger partial charge in [-0.3, -0.25) is 9.80 Å². The number of para-hydroxylation sites is 1. The van der Waals surface area contributed by atoms with Gasteiger partial charge in [-0.05, 0) is 31.0 Å². The van der Waals surface area contributed by atoms with E-state index in [1.165, 1.54) is 27.4 Å². The fraction of sp³-hybridized carbons (Fsp3) is 0.455. The summed E-state index contributed by atoms with van der Waals surface area (Å²) in [7, 11) is 2.16. The Labute approximate surface area is 154 Å². The van der Waals surface area contributed by atoms with Gasteiger partial charge in [0.05, 0.1) is 6.10 Å². The average molecular weight is 349 g/mol. The zero-order valence-corrected chi connectivity index (χ0v) is 15.6. The summed E-state index contributed by atoms with van der Waals surface area (Å²) >= 11 is 0. The van der Waals surface area contributed by atoms with Crippen LogP contribution in [0.4, 0.5) is 0 Å². The molecule has 2 aliphatic rings. The highest BCUT2D eigenvalue weighted by Crippen LogP contribution is 2.30. The summed E-state index contributed by atoms with van der Waals surface area (Å²) in [6.07, 6.45) is 0.783. The Morgan fingerprint density at radius 2 is 1.81 bits per heavy atom. The third-order valence-corrected chi connectivity index (χ3v) is 6.44. The van der Waals surface area contributed by atoms with E-state index in [0.29, 0.717) is 12.1 Å². The van der Waals surface area contributed by atoms with Gasteiger partial charge in [0.25, 0.3) is 0 Å². The van der Waals surface area contributed by atoms with Crippen molar-refractivity contribution in [3.63, 3.8) is 0 Å². The minimum atomic E-state index is -0.140. The number of nitrogens with zero attached hydrogens (tertiary/aromatic N) is 3. The smallest absolute Gasteiger partial charge is 0.0682 e. The van der Waals surface area contributed by atoms with Crippen LogP contribution in [0.3, 0.4) is 0 Å². The van der Waals surface area contributed by atoms with E-state index in [-0.39, 0.29) is 6.10 Å². The van der Waals surface area contributed by atoms with Gasteiger partial charge in [0, 0.05) is 67.1 Å². The SMILES string of the molecule is C[C@H]1CN2C[C@H](O)C[C@H]2CN1Cc1ccc2c3ccccc3n(C)c2c1. The molecular formula is C22H27N3O. The molecule has 2 saturated heterocycles. The number of hydrogen-bond acceptors (Lipinski definition) is 3. The van der Waals surface area contributed by atoms with Gasteiger partial charge in [-0.2, -0.15) is 0 Å². The molecule has 0 bridgehead atoms. The van der Waals surface area contributed by atoms with Crippen LogP contribution in [-0.4, -0.2) is 57.3 Å². The lowest BCUT2D eigenvalue weighted by Gasteiger charge is -2.42. The molecule has 3 heterocycles. The van der Waals surface area contributed by atoms with E-state index in [1.54, 1.807) is 0 Å². The topological polar surface area (TPSA) is 31.6 Å². The van der Waals surface area contributed by atoms with Crippen molar-refractivity contribution >= 4 is 21.8 Å². The van der Waals surface area contributed by atoms with Gasteiger partial charge < -0.3 is 9.67 Å². The van der Waals surface area contributed by atoms with Crippen molar-refractivity contribution in [2.24, 2.45) is 7.05 Å². The van der Waals surface area contributed by atoms with Crippen LogP contribution < -0.4 is 0 Å². The zero-order chi connectivity index (χ0) is 17.8. The second-order valence-electron chi connectivity index (χ2n) is 8.20. The molecule has 2 aliphatic heterocycles. The Morgan fingerprint density at radius 1 is 1.00 bits per heavy atom. The van der Waals surface area contributed by atoms with Crippen LogP contribution >= 0.6 is 0 Å². The summed E-state index contributed by atoms with van der Waals surface area (Å²) in [5.74, 6) is 0. The van der Waals surface area contributed by atoms with E-state index in [0.717, 1.165) is 32.6 Å². The maximum Gasteiger partial charge on any atom is 0.0682 e. The number of piperazine rings is 1. The molecule has 5 rings (SSSR count). The lowest BCUT2D eigenvalue weighted by atomic mass is 10.1. The maximum atomic E-state index is 9.98. The van der Waals surface area contributed by atoms with Crippen molar-refractivity contribution in [2.45, 2.75) is 38.1 Å². The molecule has 0 amide bonds. The number of aryl methyl sites for hydroxylation is 1. The minimum Gasteiger partial charge on any atom is -0.392 e. The van der Waals surface area contributed by atoms with E-state index in [9.17, 15) is 5.11 Å². The molecule has 4 heteroatoms. The molecule has 2 fully saturated rings. The number of aromatic nitrogens is 1. The highest BCUT2D eigenvalue weighted by Gasteiger charge is 2.37. The molecule has 1 aromatic heterocycles. The van der Waals surface area contributed by atoms with Gasteiger partial charge in [0.1, 0.15) is 0 Å². The lowest BCUT2D eigenvalue weighted by molar-refractivity contribution is 0.0529. The molecule has 4 nitrogen and oxygen atoms in total. The number of hydrogen-bond donors (Lipinski definition) is 1. The van der Waals surface area contributed by atoms with Gasteiger partial charge in [-0.25, -0.2) is 0 Å². The second-order valence-corrected chi connectivity index (χ2v) is 8.20. The van der Waals surface area contributed by atoms with Crippen LogP contribution in [0.5, 0.6) is 0 Å². The molecule has 136 valence electrons. The van der Waals surface area contributed by atoms with Crippen molar-refractivity contribution in [3.05, 3.63) is 48.0 Å². The fourth-order valence-electron chi connectivity index (χ4n) is 5.04. The van der Waals surface area contributed by atoms with Crippen molar-refractivity contribution < 1.29 is 5.11 Å². The number of aliphatic hydroxyl groups is 1. The lowest BCUT2D eigenvalue weighted by Crippen LogP contribution is -2.54. The number of benzene rings is 2. The molecule has 26 heavy (non-hydrogen) atoms. The first-order valence-corrected chi connectivity index (χ1v) is 9.72. The van der Waals surface area contributed by atoms with E-state index in [4.69, 9.17) is 0 Å². The summed E-state index contributed by atoms with van der Waals surface area (Å²) in [5.41, 5.74) is 3.98. The van der Waals surface area contributed by atoms with Gasteiger partial charge in [0.15, 0.2) is 0 Å². The van der Waals surface area contributed by atoms with Crippen LogP contribution in [-0.2, 0) is 13.6 Å². The Kier molecular flexibility index (Phi) is 3.82. The first-order valence-electron chi connectivity index (χ1n) is 9.72. The fourth-order valence-corrected chi connectivity index (χ4v) is 5.04. The van der Waals surface area contributed by atoms with Crippen LogP contribution in [0.2, 0.25) is 0 Å². The molecule has 0 saturated carbocycles. The van der Waals surface area contributed by atoms with Gasteiger partial charge >= 0.3 is 0 Å². The third kappa shape index (κ3) is 2.56. The van der Waals surface area contributed by atoms with E-state index >= 15 is 0 Å². The molecule has 3 aromatic rings. The zero-order valence-electron chi connectivity index (χ0n) is 15.6. The molecule has 3 atom stereocenters. The van der Waals surface area contributed by atoms with Crippen molar-refractivity contribution in [1.29, 1.82) is 0 Å². The monoisotopic (exact) mass is 349 g/mol. The molecular weight excluding hydrogens is 322 g/mol. The Morgan fingerprint density at radius 3 is 2.69 bits per heavy atom. The second kappa shape index (κ2) is 6.08. The maximum absolute atomic E-state index is 9.98. The van der Waals surface area contributed by atoms with Crippen LogP contribution in [0.15, 0.2) is 42.5 Å². The first kappa shape index (κ1) is 16.3. The quantitative estimate of drug-likeness (QED) is 0.772. The molecule has 0 spiro atoms. The highest BCUT2D eigenvalue weighted by atomic mass is 16.3. The van der Waals surface area contributed by atoms with Crippen molar-refractivity contribution in [3.8, 4) is 0 Å². The average Bonchev–Trinajstić information content (AvgIpc) is 3.13. The minimum absolute atomic E-state index is 0.140. The van der Waals surface area contributed by atoms with E-state index in [2.05, 4.69) is 70.8 Å². The Bertz CT molecular complexity index is 963. The van der Waals surface area contributed by atoms with Crippen LogP contribution in [0.1, 0.15) is 18.9 Å². The number of rotatable bonds is 2. The van der Waals surface area contributed by atoms with E-state index < -0.39 is 0 Å². The van der Waals surface area contributed by atoms with Crippen LogP contribution in [0.25, 0.3) is 21.8 Å². The molecule has 0 unspecified atom stereocenters. The predicted molar refractivity (Wildman–Crippen MR) is 106 cm³/mol. The third-order valence-electron chi connectivity index (χ3n) is 6.44. The van der Waals surface area contributed by atoms with Crippen LogP contribution in [0, 0.1) is 0 Å².